The van der Waals surface area contributed by atoms with Gasteiger partial charge in [-0.1, -0.05) is 175 Å². The first kappa shape index (κ1) is 41.0. The highest BCUT2D eigenvalue weighted by Crippen LogP contribution is 2.67. The molecule has 0 radical (unpaired) electrons. The number of rotatable bonds is 24. The molecule has 4 aliphatic carbocycles. The van der Waals surface area contributed by atoms with Crippen LogP contribution in [-0.2, 0) is 9.53 Å². The van der Waals surface area contributed by atoms with Crippen molar-refractivity contribution in [1.82, 2.24) is 0 Å². The molecule has 0 N–H and O–H groups in total. The summed E-state index contributed by atoms with van der Waals surface area (Å²) < 4.78 is 6.14. The molecule has 3 fully saturated rings. The van der Waals surface area contributed by atoms with Crippen molar-refractivity contribution in [1.29, 1.82) is 0 Å². The molecule has 0 heterocycles. The summed E-state index contributed by atoms with van der Waals surface area (Å²) in [5, 5.41) is 0. The zero-order valence-corrected chi connectivity index (χ0v) is 33.9. The maximum Gasteiger partial charge on any atom is 0.306 e. The van der Waals surface area contributed by atoms with Gasteiger partial charge >= 0.3 is 5.97 Å². The van der Waals surface area contributed by atoms with Crippen molar-refractivity contribution in [3.05, 3.63) is 11.6 Å². The van der Waals surface area contributed by atoms with Crippen molar-refractivity contribution in [2.75, 3.05) is 0 Å². The average molecular weight is 681 g/mol. The normalized spacial score (nSPS) is 31.6. The highest BCUT2D eigenvalue weighted by Gasteiger charge is 2.59. The second-order valence-corrected chi connectivity index (χ2v) is 19.1. The van der Waals surface area contributed by atoms with Crippen molar-refractivity contribution in [3.63, 3.8) is 0 Å². The molecule has 4 aliphatic rings. The summed E-state index contributed by atoms with van der Waals surface area (Å²) >= 11 is 0. The standard InChI is InChI=1S/C47H84O2/c1-7-8-9-10-11-12-13-14-15-16-17-18-19-20-21-22-23-27-45(48)49-40-32-34-46(5)39(36-40)28-29-41-43-31-30-42(38(4)26-24-25-37(2)3)47(43,6)35-33-44(41)46/h28,37-38,40-44H,7-27,29-36H2,1-6H3/t38?,40?,41?,42?,43?,44?,46-,47+/m0/s1. The van der Waals surface area contributed by atoms with Crippen molar-refractivity contribution in [2.24, 2.45) is 46.3 Å². The molecular weight excluding hydrogens is 597 g/mol. The molecule has 0 aromatic heterocycles. The van der Waals surface area contributed by atoms with E-state index in [1.807, 2.05) is 0 Å². The fraction of sp³-hybridized carbons (Fsp3) is 0.936. The molecule has 0 aromatic rings. The van der Waals surface area contributed by atoms with Crippen molar-refractivity contribution >= 4 is 5.97 Å². The summed E-state index contributed by atoms with van der Waals surface area (Å²) in [6, 6.07) is 0. The molecule has 49 heavy (non-hydrogen) atoms. The van der Waals surface area contributed by atoms with E-state index in [4.69, 9.17) is 4.74 Å². The Balaban J connectivity index is 1.07. The van der Waals surface area contributed by atoms with Crippen LogP contribution in [0.15, 0.2) is 11.6 Å². The molecule has 284 valence electrons. The van der Waals surface area contributed by atoms with Gasteiger partial charge in [0.1, 0.15) is 6.10 Å². The Morgan fingerprint density at radius 1 is 0.714 bits per heavy atom. The van der Waals surface area contributed by atoms with E-state index in [0.717, 1.165) is 54.8 Å². The smallest absolute Gasteiger partial charge is 0.306 e. The highest BCUT2D eigenvalue weighted by atomic mass is 16.5. The minimum absolute atomic E-state index is 0.0665. The number of hydrogen-bond donors (Lipinski definition) is 0. The lowest BCUT2D eigenvalue weighted by Crippen LogP contribution is -2.51. The molecule has 2 nitrogen and oxygen atoms in total. The van der Waals surface area contributed by atoms with E-state index >= 15 is 0 Å². The van der Waals surface area contributed by atoms with Gasteiger partial charge in [-0.05, 0) is 97.7 Å². The van der Waals surface area contributed by atoms with Crippen LogP contribution >= 0.6 is 0 Å². The Bertz CT molecular complexity index is 965. The third-order valence-electron chi connectivity index (χ3n) is 15.0. The van der Waals surface area contributed by atoms with Crippen molar-refractivity contribution < 1.29 is 9.53 Å². The predicted octanol–water partition coefficient (Wildman–Crippen LogP) is 15.0. The van der Waals surface area contributed by atoms with Gasteiger partial charge in [-0.25, -0.2) is 0 Å². The lowest BCUT2D eigenvalue weighted by molar-refractivity contribution is -0.151. The van der Waals surface area contributed by atoms with Gasteiger partial charge in [0.25, 0.3) is 0 Å². The third-order valence-corrected chi connectivity index (χ3v) is 15.0. The van der Waals surface area contributed by atoms with Gasteiger partial charge in [0.05, 0.1) is 0 Å². The Morgan fingerprint density at radius 3 is 1.90 bits per heavy atom. The van der Waals surface area contributed by atoms with E-state index in [-0.39, 0.29) is 12.1 Å². The van der Waals surface area contributed by atoms with Crippen LogP contribution in [0.1, 0.15) is 228 Å². The summed E-state index contributed by atoms with van der Waals surface area (Å²) in [6.45, 7) is 15.0. The van der Waals surface area contributed by atoms with E-state index < -0.39 is 0 Å². The van der Waals surface area contributed by atoms with Crippen molar-refractivity contribution in [2.45, 2.75) is 234 Å². The molecule has 6 unspecified atom stereocenters. The summed E-state index contributed by atoms with van der Waals surface area (Å²) in [5.74, 6) is 5.34. The number of fused-ring (bicyclic) bond motifs is 5. The van der Waals surface area contributed by atoms with Crippen molar-refractivity contribution in [3.8, 4) is 0 Å². The molecule has 0 aromatic carbocycles. The molecule has 4 rings (SSSR count). The number of allylic oxidation sites excluding steroid dienone is 1. The molecule has 3 saturated carbocycles. The molecule has 0 aliphatic heterocycles. The Labute approximate surface area is 306 Å². The molecule has 0 saturated heterocycles. The van der Waals surface area contributed by atoms with E-state index in [9.17, 15) is 4.79 Å². The molecule has 0 bridgehead atoms. The monoisotopic (exact) mass is 681 g/mol. The predicted molar refractivity (Wildman–Crippen MR) is 212 cm³/mol. The largest absolute Gasteiger partial charge is 0.462 e. The van der Waals surface area contributed by atoms with Crippen LogP contribution in [0, 0.1) is 46.3 Å². The van der Waals surface area contributed by atoms with E-state index in [1.54, 1.807) is 5.57 Å². The van der Waals surface area contributed by atoms with Gasteiger partial charge in [0.2, 0.25) is 0 Å². The summed E-state index contributed by atoms with van der Waals surface area (Å²) in [6.07, 6.45) is 41.3. The number of carbonyl (C=O) groups excluding carboxylic acids is 1. The van der Waals surface area contributed by atoms with Gasteiger partial charge < -0.3 is 4.74 Å². The second kappa shape index (κ2) is 21.0. The second-order valence-electron chi connectivity index (χ2n) is 19.1. The Hall–Kier alpha value is -0.790. The van der Waals surface area contributed by atoms with Gasteiger partial charge in [0.15, 0.2) is 0 Å². The van der Waals surface area contributed by atoms with Gasteiger partial charge in [-0.2, -0.15) is 0 Å². The quantitative estimate of drug-likeness (QED) is 0.0576. The van der Waals surface area contributed by atoms with Gasteiger partial charge in [-0.3, -0.25) is 4.79 Å². The first-order valence-electron chi connectivity index (χ1n) is 22.6. The van der Waals surface area contributed by atoms with Crippen LogP contribution < -0.4 is 0 Å². The minimum atomic E-state index is 0.0665. The van der Waals surface area contributed by atoms with Crippen LogP contribution in [0.2, 0.25) is 0 Å². The molecule has 8 atom stereocenters. The minimum Gasteiger partial charge on any atom is -0.462 e. The maximum absolute atomic E-state index is 12.8. The number of esters is 1. The molecule has 0 spiro atoms. The molecular formula is C47H84O2. The molecule has 0 amide bonds. The van der Waals surface area contributed by atoms with Crippen LogP contribution in [-0.4, -0.2) is 12.1 Å². The van der Waals surface area contributed by atoms with Crippen LogP contribution in [0.3, 0.4) is 0 Å². The fourth-order valence-electron chi connectivity index (χ4n) is 12.0. The Kier molecular flexibility index (Phi) is 17.6. The highest BCUT2D eigenvalue weighted by molar-refractivity contribution is 5.69. The van der Waals surface area contributed by atoms with Crippen LogP contribution in [0.4, 0.5) is 0 Å². The van der Waals surface area contributed by atoms with Gasteiger partial charge in [-0.15, -0.1) is 0 Å². The van der Waals surface area contributed by atoms with Crippen LogP contribution in [0.25, 0.3) is 0 Å². The zero-order valence-electron chi connectivity index (χ0n) is 33.9. The number of hydrogen-bond acceptors (Lipinski definition) is 2. The number of ether oxygens (including phenoxy) is 1. The SMILES string of the molecule is CCCCCCCCCCCCCCCCCCCC(=O)OC1CC[C@@]2(C)C(=CCC3C4CCC(C(C)CCCC(C)C)[C@@]4(C)CCC32)C1. The first-order chi connectivity index (χ1) is 23.7. The van der Waals surface area contributed by atoms with E-state index in [0.29, 0.717) is 17.3 Å². The van der Waals surface area contributed by atoms with E-state index in [1.165, 1.54) is 161 Å². The van der Waals surface area contributed by atoms with Crippen LogP contribution in [0.5, 0.6) is 0 Å². The Morgan fingerprint density at radius 2 is 1.31 bits per heavy atom. The summed E-state index contributed by atoms with van der Waals surface area (Å²) in [7, 11) is 0. The average Bonchev–Trinajstić information content (AvgIpc) is 3.43. The fourth-order valence-corrected chi connectivity index (χ4v) is 12.0. The third kappa shape index (κ3) is 11.9. The zero-order chi connectivity index (χ0) is 35.1. The number of carbonyl (C=O) groups is 1. The van der Waals surface area contributed by atoms with E-state index in [2.05, 4.69) is 47.6 Å². The summed E-state index contributed by atoms with van der Waals surface area (Å²) in [4.78, 5) is 12.8. The topological polar surface area (TPSA) is 26.3 Å². The lowest BCUT2D eigenvalue weighted by Gasteiger charge is -2.58. The molecule has 2 heteroatoms. The maximum atomic E-state index is 12.8. The lowest BCUT2D eigenvalue weighted by atomic mass is 9.47. The van der Waals surface area contributed by atoms with Gasteiger partial charge in [0, 0.05) is 12.8 Å². The number of unbranched alkanes of at least 4 members (excludes halogenated alkanes) is 16. The first-order valence-corrected chi connectivity index (χ1v) is 22.6. The summed E-state index contributed by atoms with van der Waals surface area (Å²) in [5.41, 5.74) is 2.54.